The zero-order chi connectivity index (χ0) is 13.3. The Labute approximate surface area is 117 Å². The molecule has 1 aliphatic rings. The molecule has 0 radical (unpaired) electrons. The van der Waals surface area contributed by atoms with Gasteiger partial charge in [0.05, 0.1) is 11.1 Å². The van der Waals surface area contributed by atoms with E-state index in [2.05, 4.69) is 18.7 Å². The van der Waals surface area contributed by atoms with Gasteiger partial charge in [0.25, 0.3) is 0 Å². The minimum Gasteiger partial charge on any atom is -0.490 e. The van der Waals surface area contributed by atoms with E-state index in [-0.39, 0.29) is 6.04 Å². The van der Waals surface area contributed by atoms with E-state index in [9.17, 15) is 5.11 Å². The number of likely N-dealkylation sites (N-methyl/N-ethyl adjacent to an activating group) is 1. The van der Waals surface area contributed by atoms with Crippen LogP contribution in [0.5, 0.6) is 5.75 Å². The number of aliphatic hydroxyl groups excluding tert-OH is 1. The van der Waals surface area contributed by atoms with E-state index in [1.807, 2.05) is 0 Å². The number of hydrogen-bond acceptors (Lipinski definition) is 3. The smallest absolute Gasteiger partial charge is 0.143 e. The van der Waals surface area contributed by atoms with Crippen LogP contribution in [0, 0.1) is 0 Å². The number of aliphatic hydroxyl groups is 1. The molecule has 0 aliphatic carbocycles. The molecule has 1 N–H and O–H groups in total. The zero-order valence-corrected chi connectivity index (χ0v) is 12.0. The van der Waals surface area contributed by atoms with Crippen molar-refractivity contribution in [1.82, 2.24) is 4.90 Å². The summed E-state index contributed by atoms with van der Waals surface area (Å²) in [6, 6.07) is 3.30. The van der Waals surface area contributed by atoms with E-state index in [0.29, 0.717) is 28.0 Å². The summed E-state index contributed by atoms with van der Waals surface area (Å²) in [6.07, 6.45) is -0.621. The average molecular weight is 290 g/mol. The van der Waals surface area contributed by atoms with Crippen LogP contribution in [0.15, 0.2) is 12.1 Å². The maximum Gasteiger partial charge on any atom is 0.143 e. The van der Waals surface area contributed by atoms with Gasteiger partial charge in [-0.05, 0) is 25.2 Å². The Morgan fingerprint density at radius 1 is 1.33 bits per heavy atom. The number of hydrogen-bond donors (Lipinski definition) is 1. The minimum absolute atomic E-state index is 0.0537. The molecule has 5 heteroatoms. The molecule has 18 heavy (non-hydrogen) atoms. The van der Waals surface area contributed by atoms with Gasteiger partial charge >= 0.3 is 0 Å². The molecule has 0 saturated heterocycles. The molecule has 0 spiro atoms. The van der Waals surface area contributed by atoms with Gasteiger partial charge in [-0.1, -0.05) is 37.0 Å². The molecule has 1 aromatic carbocycles. The van der Waals surface area contributed by atoms with E-state index >= 15 is 0 Å². The van der Waals surface area contributed by atoms with Crippen LogP contribution in [0.1, 0.15) is 25.5 Å². The number of rotatable bonds is 3. The normalized spacial score (nSPS) is 22.8. The molecule has 1 aromatic rings. The molecule has 0 aromatic heterocycles. The van der Waals surface area contributed by atoms with Crippen LogP contribution in [0.2, 0.25) is 10.0 Å². The van der Waals surface area contributed by atoms with Crippen molar-refractivity contribution in [3.05, 3.63) is 27.7 Å². The highest BCUT2D eigenvalue weighted by atomic mass is 35.5. The molecular formula is C13H17Cl2NO2. The first-order valence-electron chi connectivity index (χ1n) is 6.12. The van der Waals surface area contributed by atoms with Crippen LogP contribution < -0.4 is 4.74 Å². The number of halogens is 2. The van der Waals surface area contributed by atoms with E-state index in [0.717, 1.165) is 13.1 Å². The third-order valence-corrected chi connectivity index (χ3v) is 3.90. The monoisotopic (exact) mass is 289 g/mol. The summed E-state index contributed by atoms with van der Waals surface area (Å²) in [5.74, 6) is 0.553. The molecule has 1 heterocycles. The van der Waals surface area contributed by atoms with Crippen molar-refractivity contribution in [2.24, 2.45) is 0 Å². The number of ether oxygens (including phenoxy) is 1. The molecule has 0 fully saturated rings. The van der Waals surface area contributed by atoms with Gasteiger partial charge in [-0.15, -0.1) is 0 Å². The second-order valence-corrected chi connectivity index (χ2v) is 5.19. The van der Waals surface area contributed by atoms with Gasteiger partial charge in [0.2, 0.25) is 0 Å². The minimum atomic E-state index is -0.621. The summed E-state index contributed by atoms with van der Waals surface area (Å²) < 4.78 is 5.68. The lowest BCUT2D eigenvalue weighted by Crippen LogP contribution is -2.45. The SMILES string of the molecule is CCN(CC)C1COc2c(Cl)cc(Cl)cc2C1O. The molecule has 100 valence electrons. The topological polar surface area (TPSA) is 32.7 Å². The van der Waals surface area contributed by atoms with Crippen molar-refractivity contribution < 1.29 is 9.84 Å². The van der Waals surface area contributed by atoms with E-state index in [4.69, 9.17) is 27.9 Å². The lowest BCUT2D eigenvalue weighted by atomic mass is 9.98. The molecule has 2 unspecified atom stereocenters. The van der Waals surface area contributed by atoms with Gasteiger partial charge in [-0.3, -0.25) is 4.90 Å². The summed E-state index contributed by atoms with van der Waals surface area (Å²) in [5, 5.41) is 11.4. The second kappa shape index (κ2) is 5.66. The van der Waals surface area contributed by atoms with Crippen molar-refractivity contribution in [2.45, 2.75) is 26.0 Å². The third-order valence-electron chi connectivity index (χ3n) is 3.40. The summed E-state index contributed by atoms with van der Waals surface area (Å²) in [5.41, 5.74) is 0.677. The first-order chi connectivity index (χ1) is 8.58. The van der Waals surface area contributed by atoms with Crippen LogP contribution in [0.3, 0.4) is 0 Å². The fourth-order valence-electron chi connectivity index (χ4n) is 2.42. The Kier molecular flexibility index (Phi) is 4.38. The summed E-state index contributed by atoms with van der Waals surface area (Å²) in [6.45, 7) is 6.31. The lowest BCUT2D eigenvalue weighted by molar-refractivity contribution is 0.00794. The van der Waals surface area contributed by atoms with E-state index < -0.39 is 6.10 Å². The van der Waals surface area contributed by atoms with Crippen molar-refractivity contribution in [2.75, 3.05) is 19.7 Å². The van der Waals surface area contributed by atoms with Crippen molar-refractivity contribution in [3.8, 4) is 5.75 Å². The Morgan fingerprint density at radius 2 is 2.00 bits per heavy atom. The summed E-state index contributed by atoms with van der Waals surface area (Å²) in [7, 11) is 0. The van der Waals surface area contributed by atoms with Gasteiger partial charge in [-0.25, -0.2) is 0 Å². The van der Waals surface area contributed by atoms with Crippen LogP contribution >= 0.6 is 23.2 Å². The first kappa shape index (κ1) is 13.9. The standard InChI is InChI=1S/C13H17Cl2NO2/c1-3-16(4-2)11-7-18-13-9(12(11)17)5-8(14)6-10(13)15/h5-6,11-12,17H,3-4,7H2,1-2H3. The number of nitrogens with zero attached hydrogens (tertiary/aromatic N) is 1. The van der Waals surface area contributed by atoms with Gasteiger partial charge < -0.3 is 9.84 Å². The summed E-state index contributed by atoms with van der Waals surface area (Å²) >= 11 is 12.1. The maximum atomic E-state index is 10.5. The Balaban J connectivity index is 2.35. The average Bonchev–Trinajstić information content (AvgIpc) is 2.34. The van der Waals surface area contributed by atoms with Gasteiger partial charge in [0.15, 0.2) is 0 Å². The van der Waals surface area contributed by atoms with Crippen LogP contribution in [-0.4, -0.2) is 35.7 Å². The van der Waals surface area contributed by atoms with E-state index in [1.54, 1.807) is 12.1 Å². The predicted octanol–water partition coefficient (Wildman–Crippen LogP) is 3.13. The van der Waals surface area contributed by atoms with Crippen LogP contribution in [0.25, 0.3) is 0 Å². The molecule has 3 nitrogen and oxygen atoms in total. The highest BCUT2D eigenvalue weighted by molar-refractivity contribution is 6.35. The Morgan fingerprint density at radius 3 is 2.61 bits per heavy atom. The predicted molar refractivity (Wildman–Crippen MR) is 73.6 cm³/mol. The van der Waals surface area contributed by atoms with Crippen LogP contribution in [0.4, 0.5) is 0 Å². The third kappa shape index (κ3) is 2.45. The molecule has 2 rings (SSSR count). The van der Waals surface area contributed by atoms with Crippen molar-refractivity contribution in [3.63, 3.8) is 0 Å². The first-order valence-corrected chi connectivity index (χ1v) is 6.87. The molecular weight excluding hydrogens is 273 g/mol. The Hall–Kier alpha value is -0.480. The highest BCUT2D eigenvalue weighted by Crippen LogP contribution is 2.41. The molecule has 1 aliphatic heterocycles. The van der Waals surface area contributed by atoms with E-state index in [1.165, 1.54) is 0 Å². The fraction of sp³-hybridized carbons (Fsp3) is 0.538. The largest absolute Gasteiger partial charge is 0.490 e. The molecule has 0 saturated carbocycles. The number of benzene rings is 1. The molecule has 0 amide bonds. The molecule has 0 bridgehead atoms. The van der Waals surface area contributed by atoms with Gasteiger partial charge in [-0.2, -0.15) is 0 Å². The number of fused-ring (bicyclic) bond motifs is 1. The maximum absolute atomic E-state index is 10.5. The van der Waals surface area contributed by atoms with Crippen molar-refractivity contribution in [1.29, 1.82) is 0 Å². The second-order valence-electron chi connectivity index (χ2n) is 4.35. The van der Waals surface area contributed by atoms with Crippen molar-refractivity contribution >= 4 is 23.2 Å². The van der Waals surface area contributed by atoms with Crippen LogP contribution in [-0.2, 0) is 0 Å². The van der Waals surface area contributed by atoms with Gasteiger partial charge in [0.1, 0.15) is 18.5 Å². The van der Waals surface area contributed by atoms with Gasteiger partial charge in [0, 0.05) is 10.6 Å². The zero-order valence-electron chi connectivity index (χ0n) is 10.5. The summed E-state index contributed by atoms with van der Waals surface area (Å²) in [4.78, 5) is 2.17. The molecule has 2 atom stereocenters. The fourth-order valence-corrected chi connectivity index (χ4v) is 2.98. The Bertz CT molecular complexity index is 435. The quantitative estimate of drug-likeness (QED) is 0.928. The lowest BCUT2D eigenvalue weighted by Gasteiger charge is -2.37. The highest BCUT2D eigenvalue weighted by Gasteiger charge is 2.34.